The van der Waals surface area contributed by atoms with E-state index in [9.17, 15) is 27.2 Å². The van der Waals surface area contributed by atoms with Gasteiger partial charge < -0.3 is 10.2 Å². The molecule has 174 valence electrons. The van der Waals surface area contributed by atoms with Crippen LogP contribution in [0.5, 0.6) is 0 Å². The van der Waals surface area contributed by atoms with Crippen molar-refractivity contribution in [3.8, 4) is 0 Å². The van der Waals surface area contributed by atoms with Gasteiger partial charge in [-0.05, 0) is 24.1 Å². The molecule has 2 amide bonds. The van der Waals surface area contributed by atoms with Crippen molar-refractivity contribution in [1.82, 2.24) is 19.3 Å². The van der Waals surface area contributed by atoms with Gasteiger partial charge in [0.25, 0.3) is 11.8 Å². The first-order valence-electron chi connectivity index (χ1n) is 10.1. The number of alkyl halides is 3. The first-order chi connectivity index (χ1) is 16.2. The van der Waals surface area contributed by atoms with Crippen molar-refractivity contribution in [3.63, 3.8) is 0 Å². The highest BCUT2D eigenvalue weighted by Gasteiger charge is 2.32. The number of anilines is 1. The van der Waals surface area contributed by atoms with Crippen molar-refractivity contribution in [1.29, 1.82) is 0 Å². The number of hydrogen-bond donors (Lipinski definition) is 1. The maximum atomic E-state index is 13.4. The van der Waals surface area contributed by atoms with Crippen LogP contribution in [0.3, 0.4) is 0 Å². The lowest BCUT2D eigenvalue weighted by Gasteiger charge is -2.27. The quantitative estimate of drug-likeness (QED) is 0.433. The summed E-state index contributed by atoms with van der Waals surface area (Å²) in [5.41, 5.74) is 0.713. The van der Waals surface area contributed by atoms with E-state index < -0.39 is 23.5 Å². The van der Waals surface area contributed by atoms with E-state index in [1.807, 2.05) is 0 Å². The molecular formula is C22H15F4N5O2S. The summed E-state index contributed by atoms with van der Waals surface area (Å²) >= 11 is 1.30. The zero-order chi connectivity index (χ0) is 24.0. The number of amides is 2. The minimum atomic E-state index is -4.57. The van der Waals surface area contributed by atoms with Gasteiger partial charge in [-0.15, -0.1) is 11.3 Å². The number of aromatic nitrogens is 3. The first-order valence-corrected chi connectivity index (χ1v) is 10.9. The summed E-state index contributed by atoms with van der Waals surface area (Å²) in [6, 6.07) is 3.30. The molecule has 0 saturated heterocycles. The summed E-state index contributed by atoms with van der Waals surface area (Å²) in [4.78, 5) is 35.9. The zero-order valence-electron chi connectivity index (χ0n) is 17.3. The molecule has 0 fully saturated rings. The number of carbonyl (C=O) groups is 2. The van der Waals surface area contributed by atoms with E-state index in [1.54, 1.807) is 10.3 Å². The standard InChI is InChI=1S/C22H15F4N5O2S/c23-13-1-4-31-17(9-28-19(31)6-13)21(33)30-3-2-15-16(11-34-18(15)10-30)20(32)29-14-5-12(7-27-8-14)22(24,25)26/h1,4-9,11H,2-3,10H2,(H,29,32). The number of rotatable bonds is 3. The Balaban J connectivity index is 1.33. The van der Waals surface area contributed by atoms with Crippen LogP contribution in [0.25, 0.3) is 5.65 Å². The molecule has 0 spiro atoms. The number of nitrogens with one attached hydrogen (secondary N) is 1. The van der Waals surface area contributed by atoms with E-state index in [0.717, 1.165) is 22.7 Å². The number of nitrogens with zero attached hydrogens (tertiary/aromatic N) is 4. The van der Waals surface area contributed by atoms with Gasteiger partial charge in [0.05, 0.1) is 35.8 Å². The minimum Gasteiger partial charge on any atom is -0.332 e. The van der Waals surface area contributed by atoms with Crippen LogP contribution in [0.4, 0.5) is 23.2 Å². The molecule has 5 heterocycles. The third kappa shape index (κ3) is 4.00. The van der Waals surface area contributed by atoms with Gasteiger partial charge in [0.15, 0.2) is 0 Å². The fraction of sp³-hybridized carbons (Fsp3) is 0.182. The molecule has 34 heavy (non-hydrogen) atoms. The fourth-order valence-electron chi connectivity index (χ4n) is 3.83. The highest BCUT2D eigenvalue weighted by Crippen LogP contribution is 2.32. The SMILES string of the molecule is O=C(Nc1cncc(C(F)(F)F)c1)c1csc2c1CCN(C(=O)c1cnc3cc(F)ccn13)C2. The second kappa shape index (κ2) is 8.20. The third-order valence-electron chi connectivity index (χ3n) is 5.50. The van der Waals surface area contributed by atoms with E-state index in [0.29, 0.717) is 36.1 Å². The maximum absolute atomic E-state index is 13.4. The number of carbonyl (C=O) groups excluding carboxylic acids is 2. The summed E-state index contributed by atoms with van der Waals surface area (Å²) in [6.45, 7) is 0.605. The summed E-state index contributed by atoms with van der Waals surface area (Å²) in [6.07, 6.45) is 0.501. The molecule has 5 rings (SSSR count). The molecule has 0 bridgehead atoms. The van der Waals surface area contributed by atoms with Crippen molar-refractivity contribution >= 4 is 34.5 Å². The molecule has 0 saturated carbocycles. The van der Waals surface area contributed by atoms with Crippen LogP contribution in [0, 0.1) is 5.82 Å². The Morgan fingerprint density at radius 2 is 1.97 bits per heavy atom. The third-order valence-corrected chi connectivity index (χ3v) is 6.51. The van der Waals surface area contributed by atoms with Crippen LogP contribution in [0.2, 0.25) is 0 Å². The van der Waals surface area contributed by atoms with Crippen LogP contribution >= 0.6 is 11.3 Å². The maximum Gasteiger partial charge on any atom is 0.417 e. The van der Waals surface area contributed by atoms with E-state index >= 15 is 0 Å². The Bertz CT molecular complexity index is 1430. The second-order valence-corrected chi connectivity index (χ2v) is 8.62. The van der Waals surface area contributed by atoms with Crippen molar-refractivity contribution in [2.24, 2.45) is 0 Å². The molecule has 0 unspecified atom stereocenters. The summed E-state index contributed by atoms with van der Waals surface area (Å²) in [7, 11) is 0. The molecule has 1 aliphatic rings. The largest absolute Gasteiger partial charge is 0.417 e. The number of pyridine rings is 2. The molecule has 1 N–H and O–H groups in total. The number of fused-ring (bicyclic) bond motifs is 2. The van der Waals surface area contributed by atoms with Gasteiger partial charge in [0, 0.05) is 35.3 Å². The Labute approximate surface area is 193 Å². The normalized spacial score (nSPS) is 13.7. The predicted octanol–water partition coefficient (Wildman–Crippen LogP) is 4.40. The Kier molecular flexibility index (Phi) is 5.31. The van der Waals surface area contributed by atoms with Crippen molar-refractivity contribution in [2.45, 2.75) is 19.1 Å². The van der Waals surface area contributed by atoms with E-state index in [2.05, 4.69) is 15.3 Å². The van der Waals surface area contributed by atoms with Crippen LogP contribution in [0.1, 0.15) is 36.9 Å². The number of hydrogen-bond acceptors (Lipinski definition) is 5. The molecule has 12 heteroatoms. The Morgan fingerprint density at radius 1 is 1.15 bits per heavy atom. The van der Waals surface area contributed by atoms with Gasteiger partial charge in [-0.2, -0.15) is 13.2 Å². The molecule has 4 aromatic rings. The number of halogens is 4. The second-order valence-electron chi connectivity index (χ2n) is 7.66. The Hall–Kier alpha value is -3.80. The lowest BCUT2D eigenvalue weighted by molar-refractivity contribution is -0.137. The highest BCUT2D eigenvalue weighted by atomic mass is 32.1. The monoisotopic (exact) mass is 489 g/mol. The van der Waals surface area contributed by atoms with Gasteiger partial charge >= 0.3 is 6.18 Å². The molecule has 1 aliphatic heterocycles. The first kappa shape index (κ1) is 22.0. The Morgan fingerprint density at radius 3 is 2.76 bits per heavy atom. The van der Waals surface area contributed by atoms with Crippen LogP contribution in [0.15, 0.2) is 48.4 Å². The van der Waals surface area contributed by atoms with Crippen molar-refractivity contribution < 1.29 is 27.2 Å². The summed E-state index contributed by atoms with van der Waals surface area (Å²) in [5.74, 6) is -1.27. The number of imidazole rings is 1. The van der Waals surface area contributed by atoms with E-state index in [4.69, 9.17) is 0 Å². The van der Waals surface area contributed by atoms with Crippen molar-refractivity contribution in [3.05, 3.63) is 81.4 Å². The minimum absolute atomic E-state index is 0.0589. The smallest absolute Gasteiger partial charge is 0.332 e. The van der Waals surface area contributed by atoms with Crippen molar-refractivity contribution in [2.75, 3.05) is 11.9 Å². The molecule has 0 radical (unpaired) electrons. The van der Waals surface area contributed by atoms with Gasteiger partial charge in [0.2, 0.25) is 0 Å². The molecule has 0 aromatic carbocycles. The highest BCUT2D eigenvalue weighted by molar-refractivity contribution is 7.10. The average Bonchev–Trinajstić information content (AvgIpc) is 3.41. The predicted molar refractivity (Wildman–Crippen MR) is 115 cm³/mol. The zero-order valence-corrected chi connectivity index (χ0v) is 18.1. The number of thiophene rings is 1. The molecule has 0 aliphatic carbocycles. The average molecular weight is 489 g/mol. The van der Waals surface area contributed by atoms with Gasteiger partial charge in [-0.1, -0.05) is 0 Å². The van der Waals surface area contributed by atoms with E-state index in [-0.39, 0.29) is 18.1 Å². The van der Waals surface area contributed by atoms with E-state index in [1.165, 1.54) is 40.3 Å². The summed E-state index contributed by atoms with van der Waals surface area (Å²) in [5, 5.41) is 4.10. The molecule has 7 nitrogen and oxygen atoms in total. The van der Waals surface area contributed by atoms with Crippen LogP contribution < -0.4 is 5.32 Å². The summed E-state index contributed by atoms with van der Waals surface area (Å²) < 4.78 is 53.6. The van der Waals surface area contributed by atoms with Gasteiger partial charge in [-0.25, -0.2) is 9.37 Å². The van der Waals surface area contributed by atoms with Crippen LogP contribution in [-0.4, -0.2) is 37.6 Å². The topological polar surface area (TPSA) is 79.6 Å². The van der Waals surface area contributed by atoms with Crippen LogP contribution in [-0.2, 0) is 19.1 Å². The fourth-order valence-corrected chi connectivity index (χ4v) is 4.92. The van der Waals surface area contributed by atoms with Gasteiger partial charge in [0.1, 0.15) is 17.2 Å². The molecular weight excluding hydrogens is 474 g/mol. The van der Waals surface area contributed by atoms with Gasteiger partial charge in [-0.3, -0.25) is 19.0 Å². The lowest BCUT2D eigenvalue weighted by atomic mass is 10.0. The lowest BCUT2D eigenvalue weighted by Crippen LogP contribution is -2.36. The molecule has 0 atom stereocenters. The molecule has 4 aromatic heterocycles.